The average Bonchev–Trinajstić information content (AvgIpc) is 2.49. The molecule has 0 aromatic heterocycles. The van der Waals surface area contributed by atoms with Crippen molar-refractivity contribution in [3.8, 4) is 0 Å². The number of carbonyl (C=O) groups excluding carboxylic acids is 3. The molecule has 0 saturated carbocycles. The number of hydrogen-bond donors (Lipinski definition) is 2. The normalized spacial score (nSPS) is 18.2. The molecule has 7 nitrogen and oxygen atoms in total. The summed E-state index contributed by atoms with van der Waals surface area (Å²) in [6, 6.07) is 9.23. The summed E-state index contributed by atoms with van der Waals surface area (Å²) in [4.78, 5) is 47.9. The number of carbonyl (C=O) groups is 4. The van der Waals surface area contributed by atoms with Gasteiger partial charge in [0.05, 0.1) is 0 Å². The lowest BCUT2D eigenvalue weighted by molar-refractivity contribution is -0.152. The van der Waals surface area contributed by atoms with Gasteiger partial charge in [-0.25, -0.2) is 0 Å². The molecular weight excluding hydrogens is 288 g/mol. The van der Waals surface area contributed by atoms with Crippen molar-refractivity contribution in [3.05, 3.63) is 35.9 Å². The van der Waals surface area contributed by atoms with E-state index in [0.29, 0.717) is 6.54 Å². The van der Waals surface area contributed by atoms with E-state index in [0.717, 1.165) is 5.56 Å². The Labute approximate surface area is 126 Å². The Hall–Kier alpha value is -2.70. The van der Waals surface area contributed by atoms with Gasteiger partial charge < -0.3 is 15.3 Å². The van der Waals surface area contributed by atoms with Crippen LogP contribution in [0.4, 0.5) is 0 Å². The summed E-state index contributed by atoms with van der Waals surface area (Å²) in [7, 11) is 0. The van der Waals surface area contributed by atoms with Gasteiger partial charge in [0.25, 0.3) is 0 Å². The first kappa shape index (κ1) is 15.7. The smallest absolute Gasteiger partial charge is 0.322 e. The highest BCUT2D eigenvalue weighted by Crippen LogP contribution is 2.17. The van der Waals surface area contributed by atoms with Crippen LogP contribution in [0.3, 0.4) is 0 Å². The van der Waals surface area contributed by atoms with Crippen molar-refractivity contribution < 1.29 is 24.3 Å². The number of likely N-dealkylation sites (tertiary alicyclic amines) is 1. The van der Waals surface area contributed by atoms with Gasteiger partial charge in [-0.1, -0.05) is 30.3 Å². The largest absolute Gasteiger partial charge is 0.480 e. The predicted molar refractivity (Wildman–Crippen MR) is 75.6 cm³/mol. The highest BCUT2D eigenvalue weighted by Gasteiger charge is 2.40. The zero-order chi connectivity index (χ0) is 16.1. The van der Waals surface area contributed by atoms with Gasteiger partial charge in [0.2, 0.25) is 11.8 Å². The van der Waals surface area contributed by atoms with E-state index in [1.54, 1.807) is 0 Å². The first-order valence-electron chi connectivity index (χ1n) is 6.84. The molecule has 1 aromatic rings. The Morgan fingerprint density at radius 1 is 1.23 bits per heavy atom. The van der Waals surface area contributed by atoms with Gasteiger partial charge in [0.15, 0.2) is 11.7 Å². The number of carboxylic acid groups (broad SMARTS) is 1. The number of nitrogens with zero attached hydrogens (tertiary/aromatic N) is 1. The van der Waals surface area contributed by atoms with Crippen molar-refractivity contribution >= 4 is 23.6 Å². The van der Waals surface area contributed by atoms with Crippen molar-refractivity contribution in [3.63, 3.8) is 0 Å². The second-order valence-electron chi connectivity index (χ2n) is 5.01. The third kappa shape index (κ3) is 3.69. The highest BCUT2D eigenvalue weighted by atomic mass is 16.4. The van der Waals surface area contributed by atoms with Crippen molar-refractivity contribution in [1.29, 1.82) is 0 Å². The van der Waals surface area contributed by atoms with Gasteiger partial charge in [0.1, 0.15) is 6.54 Å². The van der Waals surface area contributed by atoms with Crippen molar-refractivity contribution in [1.82, 2.24) is 10.2 Å². The number of benzene rings is 1. The minimum absolute atomic E-state index is 0.0870. The summed E-state index contributed by atoms with van der Waals surface area (Å²) >= 11 is 0. The molecule has 2 rings (SSSR count). The molecule has 1 atom stereocenters. The van der Waals surface area contributed by atoms with E-state index in [-0.39, 0.29) is 13.0 Å². The number of aliphatic carboxylic acids is 1. The van der Waals surface area contributed by atoms with E-state index in [9.17, 15) is 19.2 Å². The van der Waals surface area contributed by atoms with E-state index in [1.807, 2.05) is 30.3 Å². The monoisotopic (exact) mass is 304 g/mol. The second-order valence-corrected chi connectivity index (χ2v) is 5.01. The maximum atomic E-state index is 12.3. The lowest BCUT2D eigenvalue weighted by Gasteiger charge is -2.30. The van der Waals surface area contributed by atoms with Crippen molar-refractivity contribution in [2.24, 2.45) is 5.92 Å². The Morgan fingerprint density at radius 3 is 2.55 bits per heavy atom. The average molecular weight is 304 g/mol. The Balaban J connectivity index is 2.06. The van der Waals surface area contributed by atoms with E-state index >= 15 is 0 Å². The van der Waals surface area contributed by atoms with E-state index in [4.69, 9.17) is 5.11 Å². The molecule has 1 aliphatic heterocycles. The second kappa shape index (κ2) is 6.84. The number of hydrogen-bond acceptors (Lipinski definition) is 4. The van der Waals surface area contributed by atoms with Gasteiger partial charge >= 0.3 is 5.97 Å². The molecule has 0 aliphatic carbocycles. The summed E-state index contributed by atoms with van der Waals surface area (Å²) in [6.07, 6.45) is 0.0870. The quantitative estimate of drug-likeness (QED) is 0.734. The fourth-order valence-corrected chi connectivity index (χ4v) is 2.30. The zero-order valence-corrected chi connectivity index (χ0v) is 11.8. The first-order chi connectivity index (χ1) is 10.5. The van der Waals surface area contributed by atoms with Crippen molar-refractivity contribution in [2.75, 3.05) is 13.1 Å². The summed E-state index contributed by atoms with van der Waals surface area (Å²) in [5.41, 5.74) is 0.898. The SMILES string of the molecule is O=C(O)CNC(=O)C1C(=O)CCN(Cc2ccccc2)C1=O. The first-order valence-corrected chi connectivity index (χ1v) is 6.84. The van der Waals surface area contributed by atoms with Crippen molar-refractivity contribution in [2.45, 2.75) is 13.0 Å². The summed E-state index contributed by atoms with van der Waals surface area (Å²) in [5.74, 6) is -4.59. The van der Waals surface area contributed by atoms with Crippen LogP contribution in [0.5, 0.6) is 0 Å². The molecule has 1 fully saturated rings. The molecule has 0 spiro atoms. The van der Waals surface area contributed by atoms with E-state index < -0.39 is 36.0 Å². The Kier molecular flexibility index (Phi) is 4.88. The highest BCUT2D eigenvalue weighted by molar-refractivity contribution is 6.19. The van der Waals surface area contributed by atoms with Gasteiger partial charge in [-0.2, -0.15) is 0 Å². The molecule has 116 valence electrons. The van der Waals surface area contributed by atoms with E-state index in [2.05, 4.69) is 5.32 Å². The number of ketones is 1. The number of piperidine rings is 1. The van der Waals surface area contributed by atoms with Crippen LogP contribution in [0.1, 0.15) is 12.0 Å². The Bertz CT molecular complexity index is 599. The molecular formula is C15H16N2O5. The molecule has 2 amide bonds. The Morgan fingerprint density at radius 2 is 1.91 bits per heavy atom. The third-order valence-electron chi connectivity index (χ3n) is 3.40. The molecule has 1 heterocycles. The maximum Gasteiger partial charge on any atom is 0.322 e. The molecule has 1 unspecified atom stereocenters. The fourth-order valence-electron chi connectivity index (χ4n) is 2.30. The van der Waals surface area contributed by atoms with Gasteiger partial charge in [0, 0.05) is 19.5 Å². The fraction of sp³-hybridized carbons (Fsp3) is 0.333. The third-order valence-corrected chi connectivity index (χ3v) is 3.40. The lowest BCUT2D eigenvalue weighted by atomic mass is 9.94. The molecule has 1 aliphatic rings. The van der Waals surface area contributed by atoms with Crippen LogP contribution in [-0.2, 0) is 25.7 Å². The van der Waals surface area contributed by atoms with Crippen LogP contribution >= 0.6 is 0 Å². The number of Topliss-reactive ketones (excluding diaryl/α,β-unsaturated/α-hetero) is 1. The predicted octanol–water partition coefficient (Wildman–Crippen LogP) is -0.195. The van der Waals surface area contributed by atoms with Gasteiger partial charge in [-0.15, -0.1) is 0 Å². The number of rotatable bonds is 5. The molecule has 0 radical (unpaired) electrons. The van der Waals surface area contributed by atoms with Gasteiger partial charge in [-0.3, -0.25) is 19.2 Å². The molecule has 22 heavy (non-hydrogen) atoms. The summed E-state index contributed by atoms with van der Waals surface area (Å²) < 4.78 is 0. The number of nitrogens with one attached hydrogen (secondary N) is 1. The number of amides is 2. The zero-order valence-electron chi connectivity index (χ0n) is 11.8. The maximum absolute atomic E-state index is 12.3. The summed E-state index contributed by atoms with van der Waals surface area (Å²) in [6.45, 7) is -0.0421. The molecule has 7 heteroatoms. The van der Waals surface area contributed by atoms with Crippen LogP contribution in [-0.4, -0.2) is 46.7 Å². The van der Waals surface area contributed by atoms with Crippen LogP contribution in [0, 0.1) is 5.92 Å². The summed E-state index contributed by atoms with van der Waals surface area (Å²) in [5, 5.41) is 10.6. The molecule has 1 saturated heterocycles. The van der Waals surface area contributed by atoms with Crippen LogP contribution in [0.25, 0.3) is 0 Å². The van der Waals surface area contributed by atoms with Crippen LogP contribution < -0.4 is 5.32 Å². The minimum Gasteiger partial charge on any atom is -0.480 e. The van der Waals surface area contributed by atoms with Crippen LogP contribution in [0.15, 0.2) is 30.3 Å². The number of carboxylic acids is 1. The molecule has 0 bridgehead atoms. The lowest BCUT2D eigenvalue weighted by Crippen LogP contribution is -2.52. The molecule has 1 aromatic carbocycles. The van der Waals surface area contributed by atoms with Crippen LogP contribution in [0.2, 0.25) is 0 Å². The van der Waals surface area contributed by atoms with Gasteiger partial charge in [-0.05, 0) is 5.56 Å². The molecule has 2 N–H and O–H groups in total. The topological polar surface area (TPSA) is 104 Å². The standard InChI is InChI=1S/C15H16N2O5/c18-11-6-7-17(9-10-4-2-1-3-5-10)15(22)13(11)14(21)16-8-12(19)20/h1-5,13H,6-9H2,(H,16,21)(H,19,20). The van der Waals surface area contributed by atoms with E-state index in [1.165, 1.54) is 4.90 Å². The minimum atomic E-state index is -1.45.